The van der Waals surface area contributed by atoms with Crippen LogP contribution in [-0.2, 0) is 4.79 Å². The summed E-state index contributed by atoms with van der Waals surface area (Å²) in [6, 6.07) is 0. The van der Waals surface area contributed by atoms with Crippen molar-refractivity contribution >= 4 is 25.8 Å². The van der Waals surface area contributed by atoms with Gasteiger partial charge in [0.2, 0.25) is 0 Å². The van der Waals surface area contributed by atoms with Gasteiger partial charge in [-0.1, -0.05) is 0 Å². The normalized spacial score (nSPS) is 25.3. The molecule has 1 heterocycles. The van der Waals surface area contributed by atoms with E-state index in [0.29, 0.717) is 3.92 Å². The fourth-order valence-corrected chi connectivity index (χ4v) is 4.12. The molecule has 0 radical (unpaired) electrons. The van der Waals surface area contributed by atoms with Crippen molar-refractivity contribution < 1.29 is 9.90 Å². The van der Waals surface area contributed by atoms with Gasteiger partial charge in [-0.2, -0.15) is 0 Å². The van der Waals surface area contributed by atoms with Gasteiger partial charge in [-0.15, -0.1) is 0 Å². The van der Waals surface area contributed by atoms with Crippen molar-refractivity contribution in [1.29, 1.82) is 0 Å². The molecule has 0 amide bonds. The third-order valence-electron chi connectivity index (χ3n) is 1.79. The summed E-state index contributed by atoms with van der Waals surface area (Å²) in [5.74, 6) is -0.732. The quantitative estimate of drug-likeness (QED) is 0.623. The molecular formula is C9H13IO2. The predicted molar refractivity (Wildman–Crippen MR) is 58.9 cm³/mol. The van der Waals surface area contributed by atoms with Crippen LogP contribution in [0.15, 0.2) is 21.8 Å². The van der Waals surface area contributed by atoms with Crippen LogP contribution in [0.2, 0.25) is 0 Å². The van der Waals surface area contributed by atoms with Crippen molar-refractivity contribution in [3.63, 3.8) is 0 Å². The third kappa shape index (κ3) is 2.62. The molecule has 0 aromatic rings. The van der Waals surface area contributed by atoms with Crippen molar-refractivity contribution in [3.05, 3.63) is 21.8 Å². The molecule has 1 aliphatic rings. The molecule has 68 valence electrons. The van der Waals surface area contributed by atoms with Gasteiger partial charge in [0.15, 0.2) is 0 Å². The molecule has 1 unspecified atom stereocenters. The van der Waals surface area contributed by atoms with E-state index in [0.717, 1.165) is 5.57 Å². The van der Waals surface area contributed by atoms with Crippen molar-refractivity contribution in [1.82, 2.24) is 0 Å². The first-order valence-electron chi connectivity index (χ1n) is 3.77. The molecule has 0 fully saturated rings. The number of alkyl halides is 2. The van der Waals surface area contributed by atoms with Crippen LogP contribution >= 0.6 is 19.8 Å². The first-order valence-corrected chi connectivity index (χ1v) is 8.42. The second-order valence-electron chi connectivity index (χ2n) is 2.85. The standard InChI is InChI=1S/C9H13IO2/c1-7-3-4-8(5-9(11)12)6-10(7)2/h3-4,6-7H,5H2,1-2H3,(H,11,12). The van der Waals surface area contributed by atoms with Crippen LogP contribution in [0, 0.1) is 0 Å². The Labute approximate surface area is 79.7 Å². The molecule has 0 aromatic heterocycles. The van der Waals surface area contributed by atoms with E-state index in [2.05, 4.69) is 22.0 Å². The molecule has 3 heteroatoms. The molecular weight excluding hydrogens is 267 g/mol. The number of allylic oxidation sites excluding steroid dienone is 2. The first-order chi connectivity index (χ1) is 5.59. The Bertz CT molecular complexity index is 243. The number of carboxylic acids is 1. The van der Waals surface area contributed by atoms with E-state index in [4.69, 9.17) is 5.11 Å². The maximum atomic E-state index is 10.4. The van der Waals surface area contributed by atoms with Crippen LogP contribution in [0.4, 0.5) is 0 Å². The van der Waals surface area contributed by atoms with Crippen LogP contribution in [0.5, 0.6) is 0 Å². The van der Waals surface area contributed by atoms with Gasteiger partial charge >= 0.3 is 79.7 Å². The van der Waals surface area contributed by atoms with Crippen LogP contribution in [0.1, 0.15) is 13.3 Å². The Morgan fingerprint density at radius 1 is 1.75 bits per heavy atom. The number of rotatable bonds is 2. The molecule has 0 bridgehead atoms. The number of halogens is 1. The summed E-state index contributed by atoms with van der Waals surface area (Å²) >= 11 is -0.981. The second-order valence-corrected chi connectivity index (χ2v) is 8.65. The van der Waals surface area contributed by atoms with E-state index in [1.54, 1.807) is 0 Å². The van der Waals surface area contributed by atoms with Crippen LogP contribution in [0.25, 0.3) is 0 Å². The number of carbonyl (C=O) groups is 1. The molecule has 0 saturated carbocycles. The van der Waals surface area contributed by atoms with Gasteiger partial charge in [0, 0.05) is 0 Å². The summed E-state index contributed by atoms with van der Waals surface area (Å²) in [5, 5.41) is 8.56. The molecule has 1 aliphatic heterocycles. The molecule has 0 aromatic carbocycles. The number of carboxylic acid groups (broad SMARTS) is 1. The van der Waals surface area contributed by atoms with Crippen LogP contribution < -0.4 is 0 Å². The zero-order chi connectivity index (χ0) is 9.14. The number of aliphatic carboxylic acids is 1. The Hall–Kier alpha value is -0.320. The van der Waals surface area contributed by atoms with Crippen LogP contribution in [-0.4, -0.2) is 19.9 Å². The Morgan fingerprint density at radius 3 is 2.92 bits per heavy atom. The summed E-state index contributed by atoms with van der Waals surface area (Å²) in [6.07, 6.45) is 4.28. The Morgan fingerprint density at radius 2 is 2.42 bits per heavy atom. The van der Waals surface area contributed by atoms with Gasteiger partial charge in [-0.25, -0.2) is 0 Å². The van der Waals surface area contributed by atoms with E-state index in [-0.39, 0.29) is 6.42 Å². The number of hydrogen-bond donors (Lipinski definition) is 1. The molecule has 0 aliphatic carbocycles. The summed E-state index contributed by atoms with van der Waals surface area (Å²) in [5.41, 5.74) is 0.994. The van der Waals surface area contributed by atoms with Crippen molar-refractivity contribution in [2.45, 2.75) is 17.3 Å². The van der Waals surface area contributed by atoms with Gasteiger partial charge in [-0.05, 0) is 0 Å². The minimum atomic E-state index is -0.981. The van der Waals surface area contributed by atoms with Crippen LogP contribution in [0.3, 0.4) is 0 Å². The van der Waals surface area contributed by atoms with Crippen molar-refractivity contribution in [2.75, 3.05) is 4.93 Å². The molecule has 0 saturated heterocycles. The van der Waals surface area contributed by atoms with Crippen molar-refractivity contribution in [2.24, 2.45) is 0 Å². The molecule has 12 heavy (non-hydrogen) atoms. The monoisotopic (exact) mass is 280 g/mol. The zero-order valence-corrected chi connectivity index (χ0v) is 9.41. The summed E-state index contributed by atoms with van der Waals surface area (Å²) < 4.78 is 2.88. The van der Waals surface area contributed by atoms with Gasteiger partial charge in [0.25, 0.3) is 0 Å². The fourth-order valence-electron chi connectivity index (χ4n) is 1.000. The van der Waals surface area contributed by atoms with Crippen molar-refractivity contribution in [3.8, 4) is 0 Å². The van der Waals surface area contributed by atoms with Gasteiger partial charge in [0.05, 0.1) is 0 Å². The average Bonchev–Trinajstić information content (AvgIpc) is 1.96. The van der Waals surface area contributed by atoms with E-state index < -0.39 is 25.8 Å². The second kappa shape index (κ2) is 4.07. The molecule has 1 N–H and O–H groups in total. The maximum absolute atomic E-state index is 10.4. The van der Waals surface area contributed by atoms with E-state index in [9.17, 15) is 4.79 Å². The molecule has 0 spiro atoms. The minimum absolute atomic E-state index is 0.186. The van der Waals surface area contributed by atoms with E-state index in [1.165, 1.54) is 0 Å². The van der Waals surface area contributed by atoms with Gasteiger partial charge in [-0.3, -0.25) is 0 Å². The predicted octanol–water partition coefficient (Wildman–Crippen LogP) is 2.44. The topological polar surface area (TPSA) is 37.3 Å². The summed E-state index contributed by atoms with van der Waals surface area (Å²) in [6.45, 7) is 2.20. The van der Waals surface area contributed by atoms with Gasteiger partial charge < -0.3 is 0 Å². The fraction of sp³-hybridized carbons (Fsp3) is 0.444. The Balaban J connectivity index is 2.63. The average molecular weight is 280 g/mol. The molecule has 1 atom stereocenters. The Kier molecular flexibility index (Phi) is 3.31. The SMILES string of the molecule is CC1C=CC(CC(=O)O)=CI1C. The summed E-state index contributed by atoms with van der Waals surface area (Å²) in [4.78, 5) is 12.7. The van der Waals surface area contributed by atoms with E-state index in [1.807, 2.05) is 6.08 Å². The zero-order valence-electron chi connectivity index (χ0n) is 7.25. The third-order valence-corrected chi connectivity index (χ3v) is 7.08. The summed E-state index contributed by atoms with van der Waals surface area (Å²) in [7, 11) is 0. The first kappa shape index (κ1) is 9.77. The van der Waals surface area contributed by atoms with Gasteiger partial charge in [0.1, 0.15) is 0 Å². The number of hydrogen-bond acceptors (Lipinski definition) is 1. The molecule has 1 rings (SSSR count). The molecule has 2 nitrogen and oxygen atoms in total. The van der Waals surface area contributed by atoms with E-state index >= 15 is 0 Å².